The lowest BCUT2D eigenvalue weighted by Gasteiger charge is -2.40. The third kappa shape index (κ3) is 3.46. The van der Waals surface area contributed by atoms with E-state index in [0.717, 1.165) is 38.3 Å². The second-order valence-electron chi connectivity index (χ2n) is 5.60. The van der Waals surface area contributed by atoms with Crippen molar-refractivity contribution in [1.82, 2.24) is 9.80 Å². The van der Waals surface area contributed by atoms with Crippen LogP contribution < -0.4 is 0 Å². The Morgan fingerprint density at radius 2 is 1.95 bits per heavy atom. The van der Waals surface area contributed by atoms with Crippen molar-refractivity contribution in [2.45, 2.75) is 25.9 Å². The Labute approximate surface area is 114 Å². The zero-order valence-corrected chi connectivity index (χ0v) is 11.6. The average molecular weight is 259 g/mol. The molecule has 102 valence electrons. The van der Waals surface area contributed by atoms with Gasteiger partial charge in [0.15, 0.2) is 0 Å². The number of nitrogens with zero attached hydrogens (tertiary/aromatic N) is 3. The second kappa shape index (κ2) is 5.60. The molecule has 0 amide bonds. The Kier molecular flexibility index (Phi) is 4.08. The molecule has 1 heterocycles. The Bertz CT molecular complexity index is 471. The van der Waals surface area contributed by atoms with E-state index in [1.165, 1.54) is 0 Å². The van der Waals surface area contributed by atoms with Crippen molar-refractivity contribution in [1.29, 1.82) is 5.26 Å². The number of nitriles is 1. The van der Waals surface area contributed by atoms with E-state index in [4.69, 9.17) is 5.26 Å². The predicted molar refractivity (Wildman–Crippen MR) is 74.6 cm³/mol. The maximum absolute atomic E-state index is 9.46. The first-order valence-electron chi connectivity index (χ1n) is 6.68. The number of benzene rings is 1. The maximum atomic E-state index is 9.46. The van der Waals surface area contributed by atoms with E-state index in [1.54, 1.807) is 6.07 Å². The fraction of sp³-hybridized carbons (Fsp3) is 0.533. The second-order valence-corrected chi connectivity index (χ2v) is 5.60. The minimum Gasteiger partial charge on any atom is -0.508 e. The van der Waals surface area contributed by atoms with Crippen molar-refractivity contribution < 1.29 is 5.11 Å². The molecule has 1 aliphatic heterocycles. The van der Waals surface area contributed by atoms with E-state index in [-0.39, 0.29) is 5.54 Å². The molecule has 4 nitrogen and oxygen atoms in total. The molecule has 0 atom stereocenters. The molecular formula is C15H21N3O. The first kappa shape index (κ1) is 13.9. The molecule has 0 bridgehead atoms. The van der Waals surface area contributed by atoms with Gasteiger partial charge in [-0.15, -0.1) is 0 Å². The molecule has 0 unspecified atom stereocenters. The van der Waals surface area contributed by atoms with E-state index >= 15 is 0 Å². The third-order valence-corrected chi connectivity index (χ3v) is 3.75. The van der Waals surface area contributed by atoms with Crippen LogP contribution in [0.3, 0.4) is 0 Å². The summed E-state index contributed by atoms with van der Waals surface area (Å²) in [4.78, 5) is 4.59. The minimum atomic E-state index is -0.378. The molecule has 4 heteroatoms. The summed E-state index contributed by atoms with van der Waals surface area (Å²) in [6.45, 7) is 8.55. The Morgan fingerprint density at radius 1 is 1.26 bits per heavy atom. The molecule has 1 aromatic rings. The van der Waals surface area contributed by atoms with Gasteiger partial charge in [0, 0.05) is 32.7 Å². The van der Waals surface area contributed by atoms with Gasteiger partial charge in [-0.3, -0.25) is 9.80 Å². The highest BCUT2D eigenvalue weighted by Gasteiger charge is 2.29. The molecule has 1 N–H and O–H groups in total. The van der Waals surface area contributed by atoms with E-state index in [9.17, 15) is 5.11 Å². The fourth-order valence-electron chi connectivity index (χ4n) is 2.45. The fourth-order valence-corrected chi connectivity index (χ4v) is 2.45. The van der Waals surface area contributed by atoms with Crippen LogP contribution in [0.4, 0.5) is 0 Å². The highest BCUT2D eigenvalue weighted by molar-refractivity contribution is 5.27. The van der Waals surface area contributed by atoms with Crippen LogP contribution in [0.2, 0.25) is 0 Å². The van der Waals surface area contributed by atoms with Crippen LogP contribution in [0.5, 0.6) is 5.75 Å². The smallest absolute Gasteiger partial charge is 0.115 e. The van der Waals surface area contributed by atoms with Crippen LogP contribution in [-0.4, -0.2) is 46.6 Å². The summed E-state index contributed by atoms with van der Waals surface area (Å²) in [6.07, 6.45) is 0. The molecule has 2 rings (SSSR count). The quantitative estimate of drug-likeness (QED) is 0.899. The molecule has 1 aliphatic rings. The molecule has 19 heavy (non-hydrogen) atoms. The lowest BCUT2D eigenvalue weighted by Crippen LogP contribution is -2.53. The van der Waals surface area contributed by atoms with Crippen molar-refractivity contribution in [3.63, 3.8) is 0 Å². The van der Waals surface area contributed by atoms with Crippen LogP contribution in [0.25, 0.3) is 0 Å². The lowest BCUT2D eigenvalue weighted by molar-refractivity contribution is 0.0764. The first-order chi connectivity index (χ1) is 9.01. The molecule has 1 saturated heterocycles. The number of phenols is 1. The Morgan fingerprint density at radius 3 is 2.53 bits per heavy atom. The summed E-state index contributed by atoms with van der Waals surface area (Å²) in [5, 5.41) is 18.6. The van der Waals surface area contributed by atoms with Crippen LogP contribution in [0, 0.1) is 11.3 Å². The van der Waals surface area contributed by atoms with Crippen LogP contribution >= 0.6 is 0 Å². The largest absolute Gasteiger partial charge is 0.508 e. The molecule has 0 saturated carbocycles. The van der Waals surface area contributed by atoms with E-state index in [2.05, 4.69) is 15.9 Å². The van der Waals surface area contributed by atoms with Gasteiger partial charge in [-0.1, -0.05) is 12.1 Å². The summed E-state index contributed by atoms with van der Waals surface area (Å²) >= 11 is 0. The lowest BCUT2D eigenvalue weighted by atomic mass is 10.0. The Hall–Kier alpha value is -1.57. The average Bonchev–Trinajstić information content (AvgIpc) is 2.39. The summed E-state index contributed by atoms with van der Waals surface area (Å²) in [5.41, 5.74) is 0.755. The maximum Gasteiger partial charge on any atom is 0.115 e. The molecule has 1 aromatic carbocycles. The van der Waals surface area contributed by atoms with E-state index < -0.39 is 0 Å². The number of aromatic hydroxyl groups is 1. The molecule has 0 spiro atoms. The van der Waals surface area contributed by atoms with Gasteiger partial charge in [0.1, 0.15) is 11.3 Å². The molecule has 0 aliphatic carbocycles. The number of hydrogen-bond donors (Lipinski definition) is 1. The SMILES string of the molecule is CC(C)(C#N)N1CCN(Cc2cccc(O)c2)CC1. The van der Waals surface area contributed by atoms with Gasteiger partial charge in [0.2, 0.25) is 0 Å². The summed E-state index contributed by atoms with van der Waals surface area (Å²) in [7, 11) is 0. The standard InChI is InChI=1S/C15H21N3O/c1-15(2,12-16)18-8-6-17(7-9-18)11-13-4-3-5-14(19)10-13/h3-5,10,19H,6-9,11H2,1-2H3. The van der Waals surface area contributed by atoms with Crippen molar-refractivity contribution >= 4 is 0 Å². The zero-order valence-electron chi connectivity index (χ0n) is 11.6. The summed E-state index contributed by atoms with van der Waals surface area (Å²) in [5.74, 6) is 0.321. The predicted octanol–water partition coefficient (Wildman–Crippen LogP) is 1.81. The van der Waals surface area contributed by atoms with Crippen molar-refractivity contribution in [3.8, 4) is 11.8 Å². The first-order valence-corrected chi connectivity index (χ1v) is 6.68. The van der Waals surface area contributed by atoms with Gasteiger partial charge < -0.3 is 5.11 Å². The monoisotopic (exact) mass is 259 g/mol. The number of phenolic OH excluding ortho intramolecular Hbond substituents is 1. The van der Waals surface area contributed by atoms with Crippen molar-refractivity contribution in [3.05, 3.63) is 29.8 Å². The topological polar surface area (TPSA) is 50.5 Å². The van der Waals surface area contributed by atoms with Crippen LogP contribution in [0.15, 0.2) is 24.3 Å². The van der Waals surface area contributed by atoms with Gasteiger partial charge in [0.05, 0.1) is 6.07 Å². The van der Waals surface area contributed by atoms with Crippen molar-refractivity contribution in [2.75, 3.05) is 26.2 Å². The van der Waals surface area contributed by atoms with Crippen LogP contribution in [0.1, 0.15) is 19.4 Å². The number of piperazine rings is 1. The highest BCUT2D eigenvalue weighted by Crippen LogP contribution is 2.18. The summed E-state index contributed by atoms with van der Waals surface area (Å²) in [6, 6.07) is 9.77. The number of hydrogen-bond acceptors (Lipinski definition) is 4. The van der Waals surface area contributed by atoms with Gasteiger partial charge in [-0.25, -0.2) is 0 Å². The van der Waals surface area contributed by atoms with Gasteiger partial charge in [-0.2, -0.15) is 5.26 Å². The van der Waals surface area contributed by atoms with Crippen LogP contribution in [-0.2, 0) is 6.54 Å². The molecule has 0 radical (unpaired) electrons. The zero-order chi connectivity index (χ0) is 13.9. The molecular weight excluding hydrogens is 238 g/mol. The molecule has 0 aromatic heterocycles. The third-order valence-electron chi connectivity index (χ3n) is 3.75. The molecule has 1 fully saturated rings. The Balaban J connectivity index is 1.89. The van der Waals surface area contributed by atoms with Gasteiger partial charge in [0.25, 0.3) is 0 Å². The highest BCUT2D eigenvalue weighted by atomic mass is 16.3. The van der Waals surface area contributed by atoms with E-state index in [0.29, 0.717) is 5.75 Å². The normalized spacial score (nSPS) is 18.2. The minimum absolute atomic E-state index is 0.321. The number of rotatable bonds is 3. The van der Waals surface area contributed by atoms with Crippen molar-refractivity contribution in [2.24, 2.45) is 0 Å². The van der Waals surface area contributed by atoms with Gasteiger partial charge in [-0.05, 0) is 31.5 Å². The van der Waals surface area contributed by atoms with Gasteiger partial charge >= 0.3 is 0 Å². The summed E-state index contributed by atoms with van der Waals surface area (Å²) < 4.78 is 0. The van der Waals surface area contributed by atoms with E-state index in [1.807, 2.05) is 32.0 Å².